The number of aromatic nitrogens is 2. The molecule has 1 atom stereocenters. The Morgan fingerprint density at radius 2 is 2.19 bits per heavy atom. The van der Waals surface area contributed by atoms with Crippen LogP contribution in [0.2, 0.25) is 0 Å². The Morgan fingerprint density at radius 1 is 1.38 bits per heavy atom. The second kappa shape index (κ2) is 6.54. The molecule has 0 unspecified atom stereocenters. The number of hydrogen-bond acceptors (Lipinski definition) is 5. The first-order valence-electron chi connectivity index (χ1n) is 7.45. The third-order valence-corrected chi connectivity index (χ3v) is 5.29. The summed E-state index contributed by atoms with van der Waals surface area (Å²) >= 11 is 1.79. The van der Waals surface area contributed by atoms with Crippen molar-refractivity contribution in [3.8, 4) is 11.8 Å². The van der Waals surface area contributed by atoms with Crippen molar-refractivity contribution in [2.45, 2.75) is 31.1 Å². The van der Waals surface area contributed by atoms with Gasteiger partial charge < -0.3 is 5.73 Å². The Bertz CT molecular complexity index is 619. The van der Waals surface area contributed by atoms with Gasteiger partial charge in [0.1, 0.15) is 5.82 Å². The van der Waals surface area contributed by atoms with E-state index < -0.39 is 0 Å². The molecule has 5 nitrogen and oxygen atoms in total. The van der Waals surface area contributed by atoms with Crippen LogP contribution in [0.5, 0.6) is 0 Å². The smallest absolute Gasteiger partial charge is 0.350 e. The minimum atomic E-state index is -0.267. The lowest BCUT2D eigenvalue weighted by Gasteiger charge is -2.13. The van der Waals surface area contributed by atoms with Crippen LogP contribution in [0.15, 0.2) is 11.0 Å². The van der Waals surface area contributed by atoms with Crippen LogP contribution >= 0.6 is 11.8 Å². The van der Waals surface area contributed by atoms with E-state index >= 15 is 0 Å². The number of anilines is 1. The maximum absolute atomic E-state index is 12.0. The van der Waals surface area contributed by atoms with Crippen molar-refractivity contribution in [1.29, 1.82) is 0 Å². The van der Waals surface area contributed by atoms with Gasteiger partial charge in [0.25, 0.3) is 0 Å². The van der Waals surface area contributed by atoms with E-state index in [1.165, 1.54) is 12.8 Å². The van der Waals surface area contributed by atoms with E-state index in [1.54, 1.807) is 22.5 Å². The number of nitrogen functional groups attached to an aromatic ring is 1. The molecular formula is C15H20N4OS. The summed E-state index contributed by atoms with van der Waals surface area (Å²) in [5, 5.41) is 0.185. The van der Waals surface area contributed by atoms with E-state index in [2.05, 4.69) is 21.7 Å². The third kappa shape index (κ3) is 3.42. The first kappa shape index (κ1) is 14.5. The third-order valence-electron chi connectivity index (χ3n) is 3.92. The number of nitrogens with two attached hydrogens (primary N) is 1. The molecule has 0 aliphatic carbocycles. The zero-order valence-corrected chi connectivity index (χ0v) is 12.9. The molecule has 1 aromatic rings. The van der Waals surface area contributed by atoms with E-state index in [1.807, 2.05) is 0 Å². The highest BCUT2D eigenvalue weighted by Gasteiger charge is 2.19. The number of thioether (sulfide) groups is 1. The molecule has 2 N–H and O–H groups in total. The summed E-state index contributed by atoms with van der Waals surface area (Å²) in [5.41, 5.74) is 6.24. The van der Waals surface area contributed by atoms with Gasteiger partial charge in [-0.15, -0.1) is 11.8 Å². The van der Waals surface area contributed by atoms with Crippen LogP contribution in [0, 0.1) is 11.8 Å². The van der Waals surface area contributed by atoms with Gasteiger partial charge in [-0.2, -0.15) is 4.98 Å². The zero-order valence-electron chi connectivity index (χ0n) is 12.0. The molecule has 0 saturated carbocycles. The molecule has 6 heteroatoms. The van der Waals surface area contributed by atoms with Gasteiger partial charge >= 0.3 is 5.69 Å². The minimum Gasteiger partial charge on any atom is -0.382 e. The Hall–Kier alpha value is -1.45. The van der Waals surface area contributed by atoms with Crippen LogP contribution in [-0.4, -0.2) is 39.8 Å². The fraction of sp³-hybridized carbons (Fsp3) is 0.600. The van der Waals surface area contributed by atoms with E-state index in [9.17, 15) is 4.79 Å². The van der Waals surface area contributed by atoms with Gasteiger partial charge in [-0.25, -0.2) is 4.79 Å². The summed E-state index contributed by atoms with van der Waals surface area (Å²) < 4.78 is 1.69. The first-order chi connectivity index (χ1) is 10.2. The van der Waals surface area contributed by atoms with E-state index in [4.69, 9.17) is 5.73 Å². The molecule has 2 fully saturated rings. The quantitative estimate of drug-likeness (QED) is 0.834. The summed E-state index contributed by atoms with van der Waals surface area (Å²) in [7, 11) is 0. The molecule has 2 aliphatic rings. The average molecular weight is 304 g/mol. The molecule has 0 amide bonds. The topological polar surface area (TPSA) is 64.1 Å². The standard InChI is InChI=1S/C15H20N4OS/c16-14-12(5-3-9-18-7-1-2-8-18)11-19(15(20)17-14)13-6-4-10-21-13/h11,13H,1-2,4,6-10H2,(H2,16,17,20)/t13-/m1/s1. The Balaban J connectivity index is 1.79. The van der Waals surface area contributed by atoms with Crippen molar-refractivity contribution in [3.63, 3.8) is 0 Å². The fourth-order valence-electron chi connectivity index (χ4n) is 2.75. The van der Waals surface area contributed by atoms with Crippen molar-refractivity contribution in [3.05, 3.63) is 22.2 Å². The van der Waals surface area contributed by atoms with Crippen molar-refractivity contribution in [2.24, 2.45) is 0 Å². The minimum absolute atomic E-state index is 0.185. The monoisotopic (exact) mass is 304 g/mol. The lowest BCUT2D eigenvalue weighted by Crippen LogP contribution is -2.26. The van der Waals surface area contributed by atoms with E-state index in [-0.39, 0.29) is 16.9 Å². The Morgan fingerprint density at radius 3 is 2.90 bits per heavy atom. The molecule has 0 bridgehead atoms. The summed E-state index contributed by atoms with van der Waals surface area (Å²) in [6.45, 7) is 3.01. The predicted molar refractivity (Wildman–Crippen MR) is 86.2 cm³/mol. The highest BCUT2D eigenvalue weighted by Crippen LogP contribution is 2.34. The van der Waals surface area contributed by atoms with Gasteiger partial charge in [0.05, 0.1) is 17.5 Å². The Labute approximate surface area is 128 Å². The molecule has 3 heterocycles. The van der Waals surface area contributed by atoms with Crippen LogP contribution in [0.25, 0.3) is 0 Å². The van der Waals surface area contributed by atoms with Gasteiger partial charge in [0.2, 0.25) is 0 Å². The second-order valence-electron chi connectivity index (χ2n) is 5.48. The summed E-state index contributed by atoms with van der Waals surface area (Å²) in [5.74, 6) is 7.58. The molecule has 0 aromatic carbocycles. The number of nitrogens with zero attached hydrogens (tertiary/aromatic N) is 3. The highest BCUT2D eigenvalue weighted by molar-refractivity contribution is 7.99. The van der Waals surface area contributed by atoms with Crippen LogP contribution in [0.1, 0.15) is 36.6 Å². The maximum Gasteiger partial charge on any atom is 0.350 e. The van der Waals surface area contributed by atoms with Crippen LogP contribution in [0.4, 0.5) is 5.82 Å². The fourth-order valence-corrected chi connectivity index (χ4v) is 4.00. The molecule has 0 spiro atoms. The van der Waals surface area contributed by atoms with Crippen LogP contribution in [0.3, 0.4) is 0 Å². The zero-order chi connectivity index (χ0) is 14.7. The van der Waals surface area contributed by atoms with E-state index in [0.717, 1.165) is 38.2 Å². The first-order valence-corrected chi connectivity index (χ1v) is 8.50. The SMILES string of the molecule is Nc1nc(=O)n([C@H]2CCCS2)cc1C#CCN1CCCC1. The molecule has 3 rings (SSSR count). The second-order valence-corrected chi connectivity index (χ2v) is 6.77. The van der Waals surface area contributed by atoms with Gasteiger partial charge in [0, 0.05) is 6.20 Å². The predicted octanol–water partition coefficient (Wildman–Crippen LogP) is 1.30. The van der Waals surface area contributed by atoms with Gasteiger partial charge in [-0.05, 0) is 44.5 Å². The lowest BCUT2D eigenvalue weighted by atomic mass is 10.3. The summed E-state index contributed by atoms with van der Waals surface area (Å²) in [4.78, 5) is 18.2. The van der Waals surface area contributed by atoms with Crippen molar-refractivity contribution >= 4 is 17.6 Å². The van der Waals surface area contributed by atoms with Crippen molar-refractivity contribution in [2.75, 3.05) is 31.1 Å². The highest BCUT2D eigenvalue weighted by atomic mass is 32.2. The van der Waals surface area contributed by atoms with Crippen LogP contribution < -0.4 is 11.4 Å². The molecule has 21 heavy (non-hydrogen) atoms. The average Bonchev–Trinajstić information content (AvgIpc) is 3.14. The summed E-state index contributed by atoms with van der Waals surface area (Å²) in [6.07, 6.45) is 6.45. The molecule has 2 aliphatic heterocycles. The number of hydrogen-bond donors (Lipinski definition) is 1. The summed E-state index contributed by atoms with van der Waals surface area (Å²) in [6, 6.07) is 0. The molecular weight excluding hydrogens is 284 g/mol. The molecule has 2 saturated heterocycles. The molecule has 112 valence electrons. The van der Waals surface area contributed by atoms with E-state index in [0.29, 0.717) is 5.56 Å². The largest absolute Gasteiger partial charge is 0.382 e. The van der Waals surface area contributed by atoms with Gasteiger partial charge in [0.15, 0.2) is 0 Å². The van der Waals surface area contributed by atoms with Crippen molar-refractivity contribution < 1.29 is 0 Å². The maximum atomic E-state index is 12.0. The number of rotatable bonds is 2. The lowest BCUT2D eigenvalue weighted by molar-refractivity contribution is 0.383. The Kier molecular flexibility index (Phi) is 4.51. The van der Waals surface area contributed by atoms with Gasteiger partial charge in [-0.3, -0.25) is 9.47 Å². The van der Waals surface area contributed by atoms with Crippen molar-refractivity contribution in [1.82, 2.24) is 14.5 Å². The van der Waals surface area contributed by atoms with Gasteiger partial charge in [-0.1, -0.05) is 11.8 Å². The normalized spacial score (nSPS) is 22.2. The molecule has 1 aromatic heterocycles. The number of likely N-dealkylation sites (tertiary alicyclic amines) is 1. The molecule has 0 radical (unpaired) electrons. The van der Waals surface area contributed by atoms with Crippen LogP contribution in [-0.2, 0) is 0 Å².